The van der Waals surface area contributed by atoms with Gasteiger partial charge in [-0.25, -0.2) is 9.97 Å². The largest absolute Gasteiger partial charge is 0.356 e. The molecule has 1 unspecified atom stereocenters. The zero-order valence-electron chi connectivity index (χ0n) is 16.3. The molecule has 0 amide bonds. The van der Waals surface area contributed by atoms with E-state index in [9.17, 15) is 0 Å². The van der Waals surface area contributed by atoms with Gasteiger partial charge < -0.3 is 20.0 Å². The fourth-order valence-electron chi connectivity index (χ4n) is 3.82. The van der Waals surface area contributed by atoms with Crippen molar-refractivity contribution in [2.75, 3.05) is 64.3 Å². The molecule has 0 saturated carbocycles. The highest BCUT2D eigenvalue weighted by Crippen LogP contribution is 2.12. The number of rotatable bonds is 5. The summed E-state index contributed by atoms with van der Waals surface area (Å²) < 4.78 is 0. The van der Waals surface area contributed by atoms with Gasteiger partial charge in [-0.05, 0) is 37.9 Å². The zero-order chi connectivity index (χ0) is 18.2. The molecule has 3 heterocycles. The highest BCUT2D eigenvalue weighted by Gasteiger charge is 2.21. The van der Waals surface area contributed by atoms with Gasteiger partial charge in [0.2, 0.25) is 5.95 Å². The van der Waals surface area contributed by atoms with E-state index >= 15 is 0 Å². The Morgan fingerprint density at radius 3 is 2.42 bits per heavy atom. The molecule has 0 bridgehead atoms. The van der Waals surface area contributed by atoms with Crippen LogP contribution in [0.4, 0.5) is 5.95 Å². The Bertz CT molecular complexity index is 548. The predicted molar refractivity (Wildman–Crippen MR) is 107 cm³/mol. The fraction of sp³-hybridized carbons (Fsp3) is 0.737. The summed E-state index contributed by atoms with van der Waals surface area (Å²) in [6.07, 6.45) is 7.72. The summed E-state index contributed by atoms with van der Waals surface area (Å²) in [6, 6.07) is 1.86. The first-order valence-electron chi connectivity index (χ1n) is 9.96. The van der Waals surface area contributed by atoms with E-state index in [1.807, 2.05) is 13.1 Å². The number of hydrogen-bond acceptors (Lipinski definition) is 5. The minimum absolute atomic E-state index is 0.629. The molecule has 1 aromatic heterocycles. The van der Waals surface area contributed by atoms with E-state index < -0.39 is 0 Å². The van der Waals surface area contributed by atoms with Crippen LogP contribution in [0.5, 0.6) is 0 Å². The molecule has 7 heteroatoms. The molecule has 1 atom stereocenters. The van der Waals surface area contributed by atoms with E-state index in [-0.39, 0.29) is 0 Å². The third kappa shape index (κ3) is 5.30. The van der Waals surface area contributed by atoms with Crippen LogP contribution in [0.3, 0.4) is 0 Å². The minimum atomic E-state index is 0.629. The molecule has 2 saturated heterocycles. The lowest BCUT2D eigenvalue weighted by atomic mass is 10.1. The van der Waals surface area contributed by atoms with Crippen LogP contribution in [0.25, 0.3) is 0 Å². The fourth-order valence-corrected chi connectivity index (χ4v) is 3.82. The van der Waals surface area contributed by atoms with Crippen LogP contribution in [0.15, 0.2) is 23.5 Å². The van der Waals surface area contributed by atoms with E-state index in [0.29, 0.717) is 5.92 Å². The Hall–Kier alpha value is -1.89. The number of nitrogens with zero attached hydrogens (tertiary/aromatic N) is 6. The second-order valence-electron chi connectivity index (χ2n) is 7.42. The number of anilines is 1. The summed E-state index contributed by atoms with van der Waals surface area (Å²) >= 11 is 0. The van der Waals surface area contributed by atoms with Crippen molar-refractivity contribution in [3.8, 4) is 0 Å². The van der Waals surface area contributed by atoms with Gasteiger partial charge in [0, 0.05) is 58.7 Å². The van der Waals surface area contributed by atoms with Gasteiger partial charge in [-0.2, -0.15) is 0 Å². The molecule has 144 valence electrons. The number of hydrogen-bond donors (Lipinski definition) is 1. The molecule has 2 aliphatic heterocycles. The first-order chi connectivity index (χ1) is 12.8. The normalized spacial score (nSPS) is 20.9. The summed E-state index contributed by atoms with van der Waals surface area (Å²) in [5.41, 5.74) is 0. The van der Waals surface area contributed by atoms with E-state index in [0.717, 1.165) is 44.6 Å². The van der Waals surface area contributed by atoms with Crippen LogP contribution < -0.4 is 10.2 Å². The second-order valence-corrected chi connectivity index (χ2v) is 7.42. The molecule has 0 radical (unpaired) electrons. The molecule has 0 aliphatic carbocycles. The maximum absolute atomic E-state index is 4.50. The van der Waals surface area contributed by atoms with Crippen molar-refractivity contribution in [3.63, 3.8) is 0 Å². The number of piperazine rings is 1. The second kappa shape index (κ2) is 9.71. The lowest BCUT2D eigenvalue weighted by Crippen LogP contribution is -2.53. The summed E-state index contributed by atoms with van der Waals surface area (Å²) in [7, 11) is 1.88. The molecule has 1 N–H and O–H groups in total. The van der Waals surface area contributed by atoms with Crippen molar-refractivity contribution in [2.24, 2.45) is 10.9 Å². The summed E-state index contributed by atoms with van der Waals surface area (Å²) in [4.78, 5) is 20.4. The lowest BCUT2D eigenvalue weighted by molar-refractivity contribution is 0.200. The van der Waals surface area contributed by atoms with Crippen molar-refractivity contribution < 1.29 is 0 Å². The first kappa shape index (κ1) is 18.9. The number of piperidine rings is 1. The number of nitrogens with one attached hydrogen (secondary N) is 1. The molecule has 2 fully saturated rings. The molecule has 1 aromatic rings. The van der Waals surface area contributed by atoms with Crippen LogP contribution >= 0.6 is 0 Å². The van der Waals surface area contributed by atoms with Gasteiger partial charge in [0.1, 0.15) is 0 Å². The number of aliphatic imine (C=N–C) groups is 1. The third-order valence-electron chi connectivity index (χ3n) is 5.25. The van der Waals surface area contributed by atoms with Gasteiger partial charge in [0.15, 0.2) is 5.96 Å². The minimum Gasteiger partial charge on any atom is -0.356 e. The standard InChI is InChI=1S/C19H33N7/c1-17(16-24-9-4-3-5-10-24)15-23-18(20-2)25-11-13-26(14-12-25)19-21-7-6-8-22-19/h6-8,17H,3-5,9-16H2,1-2H3,(H,20,23). The lowest BCUT2D eigenvalue weighted by Gasteiger charge is -2.37. The molecule has 7 nitrogen and oxygen atoms in total. The Labute approximate surface area is 157 Å². The zero-order valence-corrected chi connectivity index (χ0v) is 16.3. The summed E-state index contributed by atoms with van der Waals surface area (Å²) in [5, 5.41) is 3.58. The maximum Gasteiger partial charge on any atom is 0.225 e. The van der Waals surface area contributed by atoms with Gasteiger partial charge in [-0.1, -0.05) is 13.3 Å². The van der Waals surface area contributed by atoms with Crippen molar-refractivity contribution in [1.29, 1.82) is 0 Å². The van der Waals surface area contributed by atoms with Gasteiger partial charge in [0.25, 0.3) is 0 Å². The van der Waals surface area contributed by atoms with Crippen LogP contribution in [0.1, 0.15) is 26.2 Å². The molecule has 26 heavy (non-hydrogen) atoms. The predicted octanol–water partition coefficient (Wildman–Crippen LogP) is 1.30. The molecule has 0 spiro atoms. The van der Waals surface area contributed by atoms with Crippen LogP contribution in [0, 0.1) is 5.92 Å². The van der Waals surface area contributed by atoms with E-state index in [1.54, 1.807) is 12.4 Å². The Balaban J connectivity index is 1.41. The number of likely N-dealkylation sites (tertiary alicyclic amines) is 1. The third-order valence-corrected chi connectivity index (χ3v) is 5.25. The number of guanidine groups is 1. The monoisotopic (exact) mass is 359 g/mol. The van der Waals surface area contributed by atoms with Crippen LogP contribution in [-0.4, -0.2) is 85.1 Å². The summed E-state index contributed by atoms with van der Waals surface area (Å²) in [6.45, 7) is 10.8. The topological polar surface area (TPSA) is 59.9 Å². The maximum atomic E-state index is 4.50. The molecule has 3 rings (SSSR count). The van der Waals surface area contributed by atoms with Gasteiger partial charge in [0.05, 0.1) is 0 Å². The Morgan fingerprint density at radius 1 is 1.08 bits per heavy atom. The highest BCUT2D eigenvalue weighted by molar-refractivity contribution is 5.80. The molecular weight excluding hydrogens is 326 g/mol. The SMILES string of the molecule is CN=C(NCC(C)CN1CCCCC1)N1CCN(c2ncccn2)CC1. The van der Waals surface area contributed by atoms with Crippen molar-refractivity contribution in [1.82, 2.24) is 25.1 Å². The highest BCUT2D eigenvalue weighted by atomic mass is 15.4. The van der Waals surface area contributed by atoms with E-state index in [2.05, 4.69) is 41.9 Å². The number of aromatic nitrogens is 2. The van der Waals surface area contributed by atoms with E-state index in [4.69, 9.17) is 0 Å². The molecular formula is C19H33N7. The summed E-state index contributed by atoms with van der Waals surface area (Å²) in [5.74, 6) is 2.47. The quantitative estimate of drug-likeness (QED) is 0.632. The van der Waals surface area contributed by atoms with Gasteiger partial charge >= 0.3 is 0 Å². The smallest absolute Gasteiger partial charge is 0.225 e. The Kier molecular flexibility index (Phi) is 7.05. The Morgan fingerprint density at radius 2 is 1.77 bits per heavy atom. The van der Waals surface area contributed by atoms with Crippen molar-refractivity contribution >= 4 is 11.9 Å². The first-order valence-corrected chi connectivity index (χ1v) is 9.96. The van der Waals surface area contributed by atoms with E-state index in [1.165, 1.54) is 38.9 Å². The van der Waals surface area contributed by atoms with Crippen LogP contribution in [-0.2, 0) is 0 Å². The molecule has 0 aromatic carbocycles. The van der Waals surface area contributed by atoms with Gasteiger partial charge in [-0.3, -0.25) is 4.99 Å². The van der Waals surface area contributed by atoms with Crippen LogP contribution in [0.2, 0.25) is 0 Å². The van der Waals surface area contributed by atoms with Gasteiger partial charge in [-0.15, -0.1) is 0 Å². The van der Waals surface area contributed by atoms with Crippen molar-refractivity contribution in [3.05, 3.63) is 18.5 Å². The van der Waals surface area contributed by atoms with Crippen molar-refractivity contribution in [2.45, 2.75) is 26.2 Å². The molecule has 2 aliphatic rings. The average Bonchev–Trinajstić information content (AvgIpc) is 2.70. The average molecular weight is 360 g/mol.